The molecule has 0 saturated carbocycles. The molecule has 8 heteroatoms. The Morgan fingerprint density at radius 3 is 2.41 bits per heavy atom. The van der Waals surface area contributed by atoms with Gasteiger partial charge in [0.25, 0.3) is 0 Å². The Bertz CT molecular complexity index is 1970. The zero-order valence-electron chi connectivity index (χ0n) is 21.9. The number of hydrogen-bond acceptors (Lipinski definition) is 4. The topological polar surface area (TPSA) is 75.4 Å². The van der Waals surface area contributed by atoms with Crippen molar-refractivity contribution in [1.29, 1.82) is 0 Å². The Morgan fingerprint density at radius 1 is 0.902 bits per heavy atom. The summed E-state index contributed by atoms with van der Waals surface area (Å²) in [5, 5.41) is 10.7. The largest absolute Gasteiger partial charge is 0.477 e. The molecular weight excluding hydrogens is 537 g/mol. The Labute approximate surface area is 238 Å². The second kappa shape index (κ2) is 9.98. The van der Waals surface area contributed by atoms with Gasteiger partial charge in [0.1, 0.15) is 17.2 Å². The van der Waals surface area contributed by atoms with Gasteiger partial charge in [-0.25, -0.2) is 14.2 Å². The van der Waals surface area contributed by atoms with Crippen molar-refractivity contribution in [2.45, 2.75) is 13.0 Å². The van der Waals surface area contributed by atoms with Crippen LogP contribution in [0, 0.1) is 5.82 Å². The van der Waals surface area contributed by atoms with Crippen molar-refractivity contribution >= 4 is 44.3 Å². The number of thiophene rings is 1. The van der Waals surface area contributed by atoms with E-state index in [0.717, 1.165) is 63.0 Å². The molecule has 6 aromatic rings. The molecule has 0 atom stereocenters. The standard InChI is InChI=1S/C33H24FN3O3S/c34-24-10-5-4-9-23(24)26-14-11-21-17-22(12-13-25(21)35-26)31-30(20-7-2-1-3-8-20)32-27(18-28(41-32)33(39)40)37(31)19-29(38)36-15-6-16-36/h1-5,7-14,17-18H,6,15-16,19H2,(H,39,40). The van der Waals surface area contributed by atoms with E-state index in [1.54, 1.807) is 24.3 Å². The van der Waals surface area contributed by atoms with Crippen LogP contribution in [-0.2, 0) is 11.3 Å². The highest BCUT2D eigenvalue weighted by Crippen LogP contribution is 2.45. The quantitative estimate of drug-likeness (QED) is 0.231. The second-order valence-corrected chi connectivity index (χ2v) is 11.2. The SMILES string of the molecule is O=C(O)c1cc2c(s1)c(-c1ccccc1)c(-c1ccc3nc(-c4ccccc4F)ccc3c1)n2CC(=O)N1CCC1. The average Bonchev–Trinajstić information content (AvgIpc) is 3.51. The minimum atomic E-state index is -0.991. The fraction of sp³-hybridized carbons (Fsp3) is 0.121. The van der Waals surface area contributed by atoms with E-state index in [1.165, 1.54) is 17.4 Å². The first kappa shape index (κ1) is 25.2. The van der Waals surface area contributed by atoms with E-state index < -0.39 is 5.97 Å². The van der Waals surface area contributed by atoms with E-state index in [-0.39, 0.29) is 23.1 Å². The molecule has 0 bridgehead atoms. The van der Waals surface area contributed by atoms with Crippen molar-refractivity contribution in [2.75, 3.05) is 13.1 Å². The highest BCUT2D eigenvalue weighted by atomic mass is 32.1. The minimum absolute atomic E-state index is 0.00840. The summed E-state index contributed by atoms with van der Waals surface area (Å²) in [6, 6.07) is 27.8. The predicted octanol–water partition coefficient (Wildman–Crippen LogP) is 7.32. The predicted molar refractivity (Wildman–Crippen MR) is 160 cm³/mol. The number of aromatic carboxylic acids is 1. The first-order chi connectivity index (χ1) is 20.0. The van der Waals surface area contributed by atoms with Gasteiger partial charge in [0.2, 0.25) is 5.91 Å². The van der Waals surface area contributed by atoms with Gasteiger partial charge in [-0.15, -0.1) is 11.3 Å². The van der Waals surface area contributed by atoms with Gasteiger partial charge in [0, 0.05) is 29.6 Å². The third-order valence-corrected chi connectivity index (χ3v) is 8.75. The molecule has 0 unspecified atom stereocenters. The van der Waals surface area contributed by atoms with Crippen molar-refractivity contribution < 1.29 is 19.1 Å². The molecule has 1 amide bonds. The number of carbonyl (C=O) groups is 2. The Kier molecular flexibility index (Phi) is 6.12. The Hall–Kier alpha value is -4.82. The van der Waals surface area contributed by atoms with Crippen molar-refractivity contribution in [1.82, 2.24) is 14.5 Å². The maximum absolute atomic E-state index is 14.4. The first-order valence-electron chi connectivity index (χ1n) is 13.4. The van der Waals surface area contributed by atoms with E-state index >= 15 is 0 Å². The molecule has 1 saturated heterocycles. The number of aromatic nitrogens is 2. The van der Waals surface area contributed by atoms with Crippen LogP contribution in [0.15, 0.2) is 91.0 Å². The number of carbonyl (C=O) groups excluding carboxylic acids is 1. The summed E-state index contributed by atoms with van der Waals surface area (Å²) in [4.78, 5) is 32.0. The Morgan fingerprint density at radius 2 is 1.68 bits per heavy atom. The molecular formula is C33H24FN3O3S. The third-order valence-electron chi connectivity index (χ3n) is 7.62. The highest BCUT2D eigenvalue weighted by Gasteiger charge is 2.28. The molecule has 202 valence electrons. The summed E-state index contributed by atoms with van der Waals surface area (Å²) in [6.07, 6.45) is 0.989. The molecule has 1 aliphatic rings. The number of pyridine rings is 1. The number of halogens is 1. The van der Waals surface area contributed by atoms with Crippen molar-refractivity contribution in [3.63, 3.8) is 0 Å². The second-order valence-electron chi connectivity index (χ2n) is 10.1. The summed E-state index contributed by atoms with van der Waals surface area (Å²) in [5.74, 6) is -1.31. The minimum Gasteiger partial charge on any atom is -0.477 e. The molecule has 3 aromatic heterocycles. The summed E-state index contributed by atoms with van der Waals surface area (Å²) in [6.45, 7) is 1.58. The van der Waals surface area contributed by atoms with Gasteiger partial charge in [0.05, 0.1) is 27.1 Å². The van der Waals surface area contributed by atoms with Crippen LogP contribution in [0.5, 0.6) is 0 Å². The van der Waals surface area contributed by atoms with Gasteiger partial charge < -0.3 is 14.6 Å². The molecule has 4 heterocycles. The molecule has 7 rings (SSSR count). The summed E-state index contributed by atoms with van der Waals surface area (Å²) < 4.78 is 17.2. The zero-order chi connectivity index (χ0) is 28.1. The summed E-state index contributed by atoms with van der Waals surface area (Å²) in [5.41, 5.74) is 6.01. The smallest absolute Gasteiger partial charge is 0.345 e. The molecule has 1 N–H and O–H groups in total. The van der Waals surface area contributed by atoms with Gasteiger partial charge in [-0.05, 0) is 53.9 Å². The van der Waals surface area contributed by atoms with Gasteiger partial charge in [-0.2, -0.15) is 0 Å². The van der Waals surface area contributed by atoms with Gasteiger partial charge in [0.15, 0.2) is 0 Å². The van der Waals surface area contributed by atoms with E-state index in [2.05, 4.69) is 0 Å². The maximum atomic E-state index is 14.4. The number of benzene rings is 3. The fourth-order valence-electron chi connectivity index (χ4n) is 5.46. The Balaban J connectivity index is 1.44. The van der Waals surface area contributed by atoms with Gasteiger partial charge >= 0.3 is 5.97 Å². The number of nitrogens with zero attached hydrogens (tertiary/aromatic N) is 3. The lowest BCUT2D eigenvalue weighted by Crippen LogP contribution is -2.43. The molecule has 1 fully saturated rings. The normalized spacial score (nSPS) is 13.0. The van der Waals surface area contributed by atoms with Crippen LogP contribution >= 0.6 is 11.3 Å². The number of carboxylic acid groups (broad SMARTS) is 1. The van der Waals surface area contributed by atoms with Crippen molar-refractivity contribution in [3.8, 4) is 33.6 Å². The molecule has 3 aromatic carbocycles. The molecule has 1 aliphatic heterocycles. The van der Waals surface area contributed by atoms with Crippen LogP contribution in [0.1, 0.15) is 16.1 Å². The number of fused-ring (bicyclic) bond motifs is 2. The monoisotopic (exact) mass is 561 g/mol. The van der Waals surface area contributed by atoms with Crippen LogP contribution in [0.4, 0.5) is 4.39 Å². The molecule has 6 nitrogen and oxygen atoms in total. The van der Waals surface area contributed by atoms with Gasteiger partial charge in [-0.1, -0.05) is 54.6 Å². The number of amides is 1. The van der Waals surface area contributed by atoms with E-state index in [1.807, 2.05) is 70.1 Å². The average molecular weight is 562 g/mol. The molecule has 0 aliphatic carbocycles. The zero-order valence-corrected chi connectivity index (χ0v) is 22.7. The molecule has 41 heavy (non-hydrogen) atoms. The van der Waals surface area contributed by atoms with E-state index in [0.29, 0.717) is 11.3 Å². The lowest BCUT2D eigenvalue weighted by molar-refractivity contribution is -0.135. The summed E-state index contributed by atoms with van der Waals surface area (Å²) >= 11 is 1.22. The van der Waals surface area contributed by atoms with Crippen LogP contribution in [0.2, 0.25) is 0 Å². The number of hydrogen-bond donors (Lipinski definition) is 1. The van der Waals surface area contributed by atoms with Crippen molar-refractivity contribution in [2.24, 2.45) is 0 Å². The van der Waals surface area contributed by atoms with Crippen LogP contribution in [0.25, 0.3) is 54.8 Å². The van der Waals surface area contributed by atoms with Crippen LogP contribution < -0.4 is 0 Å². The number of rotatable bonds is 6. The molecule has 0 spiro atoms. The van der Waals surface area contributed by atoms with E-state index in [9.17, 15) is 19.1 Å². The first-order valence-corrected chi connectivity index (χ1v) is 14.2. The maximum Gasteiger partial charge on any atom is 0.345 e. The third kappa shape index (κ3) is 4.37. The van der Waals surface area contributed by atoms with Crippen LogP contribution in [0.3, 0.4) is 0 Å². The highest BCUT2D eigenvalue weighted by molar-refractivity contribution is 7.21. The number of likely N-dealkylation sites (tertiary alicyclic amines) is 1. The van der Waals surface area contributed by atoms with Gasteiger partial charge in [-0.3, -0.25) is 4.79 Å². The van der Waals surface area contributed by atoms with Crippen molar-refractivity contribution in [3.05, 3.63) is 102 Å². The fourth-order valence-corrected chi connectivity index (χ4v) is 6.53. The lowest BCUT2D eigenvalue weighted by atomic mass is 9.99. The lowest BCUT2D eigenvalue weighted by Gasteiger charge is -2.31. The van der Waals surface area contributed by atoms with E-state index in [4.69, 9.17) is 4.98 Å². The number of carboxylic acids is 1. The molecule has 0 radical (unpaired) electrons. The summed E-state index contributed by atoms with van der Waals surface area (Å²) in [7, 11) is 0. The van der Waals surface area contributed by atoms with Crippen LogP contribution in [-0.4, -0.2) is 44.5 Å².